The van der Waals surface area contributed by atoms with E-state index in [9.17, 15) is 10.1 Å². The van der Waals surface area contributed by atoms with Crippen LogP contribution in [0.4, 0.5) is 5.13 Å². The molecule has 1 atom stereocenters. The largest absolute Gasteiger partial charge is 0.307 e. The molecule has 2 aliphatic heterocycles. The smallest absolute Gasteiger partial charge is 0.250 e. The lowest BCUT2D eigenvalue weighted by Gasteiger charge is -2.51. The van der Waals surface area contributed by atoms with Gasteiger partial charge in [-0.05, 0) is 12.3 Å². The molecule has 7 heteroatoms. The fraction of sp³-hybridized carbons (Fsp3) is 0.688. The van der Waals surface area contributed by atoms with E-state index in [1.54, 1.807) is 21.1 Å². The van der Waals surface area contributed by atoms with E-state index in [0.29, 0.717) is 19.6 Å². The standard InChI is InChI=1S/C16H23N5OS/c1-15(2,3)12-9-18-14(23-12)21-8-7-20-6-5-19(11-17)10-16(20,4)13(21)22/h9H,5-8,10H2,1-4H3/t16-/m1/s1. The van der Waals surface area contributed by atoms with Crippen molar-refractivity contribution < 1.29 is 4.79 Å². The third-order valence-corrected chi connectivity index (χ3v) is 6.19. The summed E-state index contributed by atoms with van der Waals surface area (Å²) in [5, 5.41) is 9.95. The van der Waals surface area contributed by atoms with E-state index >= 15 is 0 Å². The molecule has 2 saturated heterocycles. The number of thiazole rings is 1. The Morgan fingerprint density at radius 1 is 1.30 bits per heavy atom. The summed E-state index contributed by atoms with van der Waals surface area (Å²) in [5.41, 5.74) is -0.604. The number of hydrogen-bond acceptors (Lipinski definition) is 6. The van der Waals surface area contributed by atoms with Gasteiger partial charge < -0.3 is 4.90 Å². The third kappa shape index (κ3) is 2.70. The normalized spacial score (nSPS) is 26.1. The summed E-state index contributed by atoms with van der Waals surface area (Å²) in [6.07, 6.45) is 4.06. The van der Waals surface area contributed by atoms with Crippen LogP contribution in [0.1, 0.15) is 32.6 Å². The van der Waals surface area contributed by atoms with Gasteiger partial charge in [0.05, 0.1) is 6.54 Å². The SMILES string of the molecule is CC(C)(C)c1cnc(N2CCN3CCN(C#N)C[C@]3(C)C2=O)s1. The molecule has 3 heterocycles. The van der Waals surface area contributed by atoms with Crippen molar-refractivity contribution in [2.24, 2.45) is 0 Å². The van der Waals surface area contributed by atoms with Crippen LogP contribution in [0.25, 0.3) is 0 Å². The van der Waals surface area contributed by atoms with E-state index in [-0.39, 0.29) is 11.3 Å². The molecule has 0 aliphatic carbocycles. The minimum absolute atomic E-state index is 0.0349. The van der Waals surface area contributed by atoms with E-state index in [1.807, 2.05) is 13.1 Å². The molecule has 2 fully saturated rings. The minimum atomic E-state index is -0.639. The van der Waals surface area contributed by atoms with Gasteiger partial charge in [0.1, 0.15) is 5.54 Å². The Balaban J connectivity index is 1.87. The number of aromatic nitrogens is 1. The van der Waals surface area contributed by atoms with Crippen LogP contribution in [0, 0.1) is 11.5 Å². The molecule has 6 nitrogen and oxygen atoms in total. The molecule has 124 valence electrons. The summed E-state index contributed by atoms with van der Waals surface area (Å²) in [6, 6.07) is 0. The number of nitriles is 1. The highest BCUT2D eigenvalue weighted by Crippen LogP contribution is 2.35. The van der Waals surface area contributed by atoms with Gasteiger partial charge >= 0.3 is 0 Å². The molecule has 0 saturated carbocycles. The van der Waals surface area contributed by atoms with Crippen LogP contribution in [0.2, 0.25) is 0 Å². The molecule has 3 rings (SSSR count). The zero-order chi connectivity index (χ0) is 16.8. The van der Waals surface area contributed by atoms with E-state index in [0.717, 1.165) is 18.2 Å². The lowest BCUT2D eigenvalue weighted by molar-refractivity contribution is -0.136. The number of carbonyl (C=O) groups excluding carboxylic acids is 1. The first-order valence-corrected chi connectivity index (χ1v) is 8.75. The maximum atomic E-state index is 13.1. The van der Waals surface area contributed by atoms with Gasteiger partial charge in [0.25, 0.3) is 5.91 Å². The van der Waals surface area contributed by atoms with Crippen LogP contribution in [0.15, 0.2) is 6.20 Å². The van der Waals surface area contributed by atoms with Crippen molar-refractivity contribution in [3.8, 4) is 6.19 Å². The third-order valence-electron chi connectivity index (χ3n) is 4.74. The second-order valence-corrected chi connectivity index (χ2v) is 8.51. The van der Waals surface area contributed by atoms with Crippen LogP contribution < -0.4 is 4.90 Å². The fourth-order valence-corrected chi connectivity index (χ4v) is 4.22. The van der Waals surface area contributed by atoms with Gasteiger partial charge in [0.2, 0.25) is 0 Å². The molecule has 2 aliphatic rings. The Bertz CT molecular complexity index is 658. The number of nitrogens with zero attached hydrogens (tertiary/aromatic N) is 5. The first kappa shape index (κ1) is 16.2. The number of piperazine rings is 2. The lowest BCUT2D eigenvalue weighted by Crippen LogP contribution is -2.71. The molecule has 0 radical (unpaired) electrons. The first-order valence-electron chi connectivity index (χ1n) is 7.94. The molecule has 0 aromatic carbocycles. The Hall–Kier alpha value is -1.65. The number of hydrogen-bond donors (Lipinski definition) is 0. The number of fused-ring (bicyclic) bond motifs is 1. The molecule has 0 unspecified atom stereocenters. The Kier molecular flexibility index (Phi) is 3.85. The first-order chi connectivity index (χ1) is 10.8. The molecule has 23 heavy (non-hydrogen) atoms. The number of carbonyl (C=O) groups is 1. The summed E-state index contributed by atoms with van der Waals surface area (Å²) in [6.45, 7) is 11.8. The maximum absolute atomic E-state index is 13.1. The summed E-state index contributed by atoms with van der Waals surface area (Å²) >= 11 is 1.59. The van der Waals surface area contributed by atoms with Crippen molar-refractivity contribution in [3.05, 3.63) is 11.1 Å². The zero-order valence-electron chi connectivity index (χ0n) is 14.2. The van der Waals surface area contributed by atoms with Crippen molar-refractivity contribution >= 4 is 22.4 Å². The van der Waals surface area contributed by atoms with Gasteiger partial charge in [0, 0.05) is 37.3 Å². The highest BCUT2D eigenvalue weighted by molar-refractivity contribution is 7.15. The van der Waals surface area contributed by atoms with Gasteiger partial charge in [-0.1, -0.05) is 20.8 Å². The fourth-order valence-electron chi connectivity index (χ4n) is 3.22. The Morgan fingerprint density at radius 3 is 2.61 bits per heavy atom. The Morgan fingerprint density at radius 2 is 2.00 bits per heavy atom. The minimum Gasteiger partial charge on any atom is -0.307 e. The van der Waals surface area contributed by atoms with E-state index in [4.69, 9.17) is 0 Å². The predicted molar refractivity (Wildman–Crippen MR) is 90.3 cm³/mol. The predicted octanol–water partition coefficient (Wildman–Crippen LogP) is 1.64. The molecular formula is C16H23N5OS. The molecule has 1 amide bonds. The Labute approximate surface area is 141 Å². The number of anilines is 1. The van der Waals surface area contributed by atoms with Crippen molar-refractivity contribution in [2.45, 2.75) is 38.6 Å². The van der Waals surface area contributed by atoms with Crippen LogP contribution in [0.3, 0.4) is 0 Å². The molecule has 0 spiro atoms. The number of amides is 1. The van der Waals surface area contributed by atoms with Gasteiger partial charge in [-0.15, -0.1) is 11.3 Å². The molecular weight excluding hydrogens is 310 g/mol. The van der Waals surface area contributed by atoms with Crippen LogP contribution >= 0.6 is 11.3 Å². The lowest BCUT2D eigenvalue weighted by atomic mass is 9.92. The van der Waals surface area contributed by atoms with E-state index in [2.05, 4.69) is 36.8 Å². The molecule has 0 N–H and O–H groups in total. The molecule has 1 aromatic heterocycles. The van der Waals surface area contributed by atoms with Gasteiger partial charge in [-0.3, -0.25) is 14.6 Å². The summed E-state index contributed by atoms with van der Waals surface area (Å²) in [5.74, 6) is 0.0542. The average Bonchev–Trinajstić information content (AvgIpc) is 2.98. The van der Waals surface area contributed by atoms with E-state index < -0.39 is 5.54 Å². The van der Waals surface area contributed by atoms with Crippen molar-refractivity contribution in [2.75, 3.05) is 37.6 Å². The second kappa shape index (κ2) is 5.46. The van der Waals surface area contributed by atoms with Gasteiger partial charge in [-0.2, -0.15) is 5.26 Å². The molecule has 0 bridgehead atoms. The van der Waals surface area contributed by atoms with Crippen LogP contribution in [-0.2, 0) is 10.2 Å². The molecule has 1 aromatic rings. The van der Waals surface area contributed by atoms with Crippen LogP contribution in [0.5, 0.6) is 0 Å². The van der Waals surface area contributed by atoms with Crippen LogP contribution in [-0.4, -0.2) is 59.0 Å². The number of rotatable bonds is 1. The summed E-state index contributed by atoms with van der Waals surface area (Å²) < 4.78 is 0. The summed E-state index contributed by atoms with van der Waals surface area (Å²) in [4.78, 5) is 24.5. The highest BCUT2D eigenvalue weighted by Gasteiger charge is 2.49. The monoisotopic (exact) mass is 333 g/mol. The quantitative estimate of drug-likeness (QED) is 0.731. The van der Waals surface area contributed by atoms with Crippen molar-refractivity contribution in [1.29, 1.82) is 5.26 Å². The zero-order valence-corrected chi connectivity index (χ0v) is 15.0. The maximum Gasteiger partial charge on any atom is 0.250 e. The van der Waals surface area contributed by atoms with E-state index in [1.165, 1.54) is 4.88 Å². The van der Waals surface area contributed by atoms with Crippen molar-refractivity contribution in [1.82, 2.24) is 14.8 Å². The second-order valence-electron chi connectivity index (χ2n) is 7.50. The topological polar surface area (TPSA) is 63.5 Å². The average molecular weight is 333 g/mol. The highest BCUT2D eigenvalue weighted by atomic mass is 32.1. The van der Waals surface area contributed by atoms with Gasteiger partial charge in [0.15, 0.2) is 11.3 Å². The van der Waals surface area contributed by atoms with Gasteiger partial charge in [-0.25, -0.2) is 4.98 Å². The van der Waals surface area contributed by atoms with Crippen molar-refractivity contribution in [3.63, 3.8) is 0 Å². The summed E-state index contributed by atoms with van der Waals surface area (Å²) in [7, 11) is 0.